The van der Waals surface area contributed by atoms with Crippen LogP contribution >= 0.6 is 0 Å². The number of para-hydroxylation sites is 1. The molecule has 0 atom stereocenters. The number of benzene rings is 1. The van der Waals surface area contributed by atoms with E-state index in [0.717, 1.165) is 5.56 Å². The molecule has 0 unspecified atom stereocenters. The Morgan fingerprint density at radius 2 is 1.88 bits per heavy atom. The number of likely N-dealkylation sites (tertiary alicyclic amines) is 1. The Morgan fingerprint density at radius 3 is 2.50 bits per heavy atom. The molecule has 1 heterocycles. The normalized spacial score (nSPS) is 16.7. The summed E-state index contributed by atoms with van der Waals surface area (Å²) in [7, 11) is 0. The van der Waals surface area contributed by atoms with Crippen molar-refractivity contribution in [2.45, 2.75) is 45.4 Å². The van der Waals surface area contributed by atoms with Gasteiger partial charge in [-0.15, -0.1) is 0 Å². The zero-order valence-electron chi connectivity index (χ0n) is 15.2. The predicted octanol–water partition coefficient (Wildman–Crippen LogP) is 3.83. The van der Waals surface area contributed by atoms with E-state index < -0.39 is 12.7 Å². The van der Waals surface area contributed by atoms with Gasteiger partial charge in [0.1, 0.15) is 5.75 Å². The first-order valence-electron chi connectivity index (χ1n) is 8.92. The Bertz CT molecular complexity index is 582. The Labute approximate surface area is 152 Å². The van der Waals surface area contributed by atoms with Crippen LogP contribution in [0.3, 0.4) is 0 Å². The molecule has 1 saturated heterocycles. The lowest BCUT2D eigenvalue weighted by Crippen LogP contribution is -2.41. The first kappa shape index (κ1) is 20.6. The van der Waals surface area contributed by atoms with Crippen LogP contribution in [0.4, 0.5) is 13.2 Å². The summed E-state index contributed by atoms with van der Waals surface area (Å²) in [5, 5.41) is 0. The summed E-state index contributed by atoms with van der Waals surface area (Å²) < 4.78 is 48.2. The number of alkyl halides is 3. The molecular weight excluding hydrogens is 347 g/mol. The summed E-state index contributed by atoms with van der Waals surface area (Å²) in [6.07, 6.45) is -2.82. The number of carbonyl (C=O) groups excluding carboxylic acids is 1. The highest BCUT2D eigenvalue weighted by atomic mass is 19.4. The van der Waals surface area contributed by atoms with E-state index in [9.17, 15) is 18.0 Å². The first-order chi connectivity index (χ1) is 12.2. The molecule has 0 aliphatic carbocycles. The molecule has 1 aliphatic rings. The van der Waals surface area contributed by atoms with Crippen LogP contribution in [0.2, 0.25) is 0 Å². The van der Waals surface area contributed by atoms with Gasteiger partial charge < -0.3 is 9.47 Å². The monoisotopic (exact) mass is 373 g/mol. The van der Waals surface area contributed by atoms with Crippen LogP contribution in [0, 0.1) is 5.92 Å². The van der Waals surface area contributed by atoms with Gasteiger partial charge in [-0.3, -0.25) is 9.69 Å². The van der Waals surface area contributed by atoms with Crippen molar-refractivity contribution in [3.05, 3.63) is 29.8 Å². The van der Waals surface area contributed by atoms with E-state index in [0.29, 0.717) is 31.7 Å². The van der Waals surface area contributed by atoms with Crippen LogP contribution in [0.5, 0.6) is 5.75 Å². The number of rotatable bonds is 7. The Morgan fingerprint density at radius 1 is 1.23 bits per heavy atom. The zero-order chi connectivity index (χ0) is 19.2. The van der Waals surface area contributed by atoms with Crippen molar-refractivity contribution in [3.63, 3.8) is 0 Å². The minimum atomic E-state index is -4.16. The Kier molecular flexibility index (Phi) is 7.32. The number of hydrogen-bond acceptors (Lipinski definition) is 4. The van der Waals surface area contributed by atoms with E-state index in [1.807, 2.05) is 38.1 Å². The van der Waals surface area contributed by atoms with Gasteiger partial charge in [0, 0.05) is 5.56 Å². The van der Waals surface area contributed by atoms with Gasteiger partial charge in [-0.25, -0.2) is 0 Å². The molecular formula is C19H26F3NO3. The average molecular weight is 373 g/mol. The molecule has 4 nitrogen and oxygen atoms in total. The third-order valence-electron chi connectivity index (χ3n) is 4.26. The van der Waals surface area contributed by atoms with Gasteiger partial charge in [-0.1, -0.05) is 18.2 Å². The predicted molar refractivity (Wildman–Crippen MR) is 92.1 cm³/mol. The second-order valence-electron chi connectivity index (χ2n) is 6.97. The topological polar surface area (TPSA) is 38.8 Å². The van der Waals surface area contributed by atoms with E-state index >= 15 is 0 Å². The molecule has 0 aromatic heterocycles. The fourth-order valence-electron chi connectivity index (χ4n) is 3.00. The number of piperidine rings is 1. The Hall–Kier alpha value is -1.76. The number of halogens is 3. The number of hydrogen-bond donors (Lipinski definition) is 0. The minimum Gasteiger partial charge on any atom is -0.491 e. The van der Waals surface area contributed by atoms with Crippen molar-refractivity contribution < 1.29 is 27.4 Å². The minimum absolute atomic E-state index is 0.00838. The lowest BCUT2D eigenvalue weighted by Gasteiger charge is -2.32. The fourth-order valence-corrected chi connectivity index (χ4v) is 3.00. The van der Waals surface area contributed by atoms with Crippen LogP contribution in [-0.2, 0) is 16.0 Å². The molecule has 1 aliphatic heterocycles. The number of carbonyl (C=O) groups is 1. The van der Waals surface area contributed by atoms with Gasteiger partial charge in [0.25, 0.3) is 0 Å². The maximum atomic E-state index is 12.4. The number of ether oxygens (including phenoxy) is 2. The van der Waals surface area contributed by atoms with Gasteiger partial charge in [0.15, 0.2) is 0 Å². The maximum Gasteiger partial charge on any atom is 0.401 e. The molecule has 0 saturated carbocycles. The van der Waals surface area contributed by atoms with Crippen molar-refractivity contribution in [3.8, 4) is 5.75 Å². The van der Waals surface area contributed by atoms with Gasteiger partial charge in [-0.2, -0.15) is 13.2 Å². The first-order valence-corrected chi connectivity index (χ1v) is 8.92. The zero-order valence-corrected chi connectivity index (χ0v) is 15.2. The second-order valence-corrected chi connectivity index (χ2v) is 6.97. The highest BCUT2D eigenvalue weighted by molar-refractivity contribution is 5.73. The number of esters is 1. The average Bonchev–Trinajstić information content (AvgIpc) is 2.54. The van der Waals surface area contributed by atoms with Crippen LogP contribution in [0.15, 0.2) is 24.3 Å². The number of nitrogens with zero attached hydrogens (tertiary/aromatic N) is 1. The molecule has 0 amide bonds. The fraction of sp³-hybridized carbons (Fsp3) is 0.632. The van der Waals surface area contributed by atoms with Crippen LogP contribution in [0.1, 0.15) is 32.3 Å². The van der Waals surface area contributed by atoms with E-state index in [-0.39, 0.29) is 31.0 Å². The van der Waals surface area contributed by atoms with Crippen molar-refractivity contribution in [1.82, 2.24) is 4.90 Å². The lowest BCUT2D eigenvalue weighted by molar-refractivity contribution is -0.150. The van der Waals surface area contributed by atoms with Crippen LogP contribution in [0.25, 0.3) is 0 Å². The summed E-state index contributed by atoms with van der Waals surface area (Å²) in [5.41, 5.74) is 0.770. The standard InChI is InChI=1S/C19H26F3NO3/c1-14(2)26-17-6-4-3-5-16(17)11-18(24)25-12-15-7-9-23(10-8-15)13-19(20,21)22/h3-6,14-15H,7-13H2,1-2H3. The summed E-state index contributed by atoms with van der Waals surface area (Å²) in [6, 6.07) is 7.33. The Balaban J connectivity index is 1.75. The molecule has 26 heavy (non-hydrogen) atoms. The van der Waals surface area contributed by atoms with Crippen molar-refractivity contribution in [2.75, 3.05) is 26.2 Å². The van der Waals surface area contributed by atoms with E-state index in [4.69, 9.17) is 9.47 Å². The van der Waals surface area contributed by atoms with Crippen molar-refractivity contribution >= 4 is 5.97 Å². The largest absolute Gasteiger partial charge is 0.491 e. The third-order valence-corrected chi connectivity index (χ3v) is 4.26. The van der Waals surface area contributed by atoms with Gasteiger partial charge in [0.05, 0.1) is 25.7 Å². The molecule has 1 fully saturated rings. The highest BCUT2D eigenvalue weighted by Gasteiger charge is 2.32. The molecule has 2 rings (SSSR count). The van der Waals surface area contributed by atoms with E-state index in [1.165, 1.54) is 4.90 Å². The smallest absolute Gasteiger partial charge is 0.401 e. The van der Waals surface area contributed by atoms with Crippen molar-refractivity contribution in [1.29, 1.82) is 0 Å². The van der Waals surface area contributed by atoms with Gasteiger partial charge in [0.2, 0.25) is 0 Å². The molecule has 1 aromatic rings. The molecule has 0 bridgehead atoms. The summed E-state index contributed by atoms with van der Waals surface area (Å²) >= 11 is 0. The molecule has 146 valence electrons. The van der Waals surface area contributed by atoms with E-state index in [1.54, 1.807) is 0 Å². The second kappa shape index (κ2) is 9.26. The molecule has 0 spiro atoms. The van der Waals surface area contributed by atoms with Gasteiger partial charge in [-0.05, 0) is 51.8 Å². The molecule has 0 N–H and O–H groups in total. The maximum absolute atomic E-state index is 12.4. The SMILES string of the molecule is CC(C)Oc1ccccc1CC(=O)OCC1CCN(CC(F)(F)F)CC1. The summed E-state index contributed by atoms with van der Waals surface area (Å²) in [4.78, 5) is 13.5. The van der Waals surface area contributed by atoms with Crippen LogP contribution < -0.4 is 4.74 Å². The molecule has 0 radical (unpaired) electrons. The third kappa shape index (κ3) is 7.23. The van der Waals surface area contributed by atoms with Crippen LogP contribution in [-0.4, -0.2) is 49.4 Å². The molecule has 7 heteroatoms. The van der Waals surface area contributed by atoms with E-state index in [2.05, 4.69) is 0 Å². The highest BCUT2D eigenvalue weighted by Crippen LogP contribution is 2.23. The summed E-state index contributed by atoms with van der Waals surface area (Å²) in [5.74, 6) is 0.438. The van der Waals surface area contributed by atoms with Crippen molar-refractivity contribution in [2.24, 2.45) is 5.92 Å². The van der Waals surface area contributed by atoms with Gasteiger partial charge >= 0.3 is 12.1 Å². The quantitative estimate of drug-likeness (QED) is 0.681. The lowest BCUT2D eigenvalue weighted by atomic mass is 9.98. The summed E-state index contributed by atoms with van der Waals surface area (Å²) in [6.45, 7) is 3.98. The molecule has 1 aromatic carbocycles.